The number of hydrogen-bond acceptors (Lipinski definition) is 5. The Balaban J connectivity index is 1.74. The molecule has 0 bridgehead atoms. The van der Waals surface area contributed by atoms with E-state index < -0.39 is 23.5 Å². The standard InChI is InChI=1S/C23H25NO5/c1-14(2)15-7-9-16(10-8-15)20-19(21(25)18-6-4-12-29-18)22(26)23(27)24(20)13-17-5-3-11-28-17/h4,6-10,12,14,17,20,26H,3,5,11,13H2,1-2H3/t17-,20+/m1/s1. The van der Waals surface area contributed by atoms with Gasteiger partial charge in [0.05, 0.1) is 24.0 Å². The zero-order valence-electron chi connectivity index (χ0n) is 16.6. The number of carbonyl (C=O) groups is 2. The van der Waals surface area contributed by atoms with Crippen LogP contribution in [0.25, 0.3) is 0 Å². The average Bonchev–Trinajstić information content (AvgIpc) is 3.46. The zero-order chi connectivity index (χ0) is 20.5. The lowest BCUT2D eigenvalue weighted by atomic mass is 9.93. The monoisotopic (exact) mass is 395 g/mol. The van der Waals surface area contributed by atoms with E-state index in [1.165, 1.54) is 12.3 Å². The van der Waals surface area contributed by atoms with Crippen molar-refractivity contribution in [3.05, 3.63) is 70.9 Å². The summed E-state index contributed by atoms with van der Waals surface area (Å²) in [5.41, 5.74) is 2.00. The Morgan fingerprint density at radius 3 is 2.59 bits per heavy atom. The number of amides is 1. The van der Waals surface area contributed by atoms with E-state index in [1.54, 1.807) is 11.0 Å². The molecule has 2 atom stereocenters. The minimum absolute atomic E-state index is 0.0558. The van der Waals surface area contributed by atoms with E-state index in [4.69, 9.17) is 9.15 Å². The molecule has 6 nitrogen and oxygen atoms in total. The van der Waals surface area contributed by atoms with E-state index in [0.717, 1.165) is 24.0 Å². The minimum atomic E-state index is -0.675. The second kappa shape index (κ2) is 7.87. The van der Waals surface area contributed by atoms with Gasteiger partial charge in [0, 0.05) is 13.2 Å². The van der Waals surface area contributed by atoms with Crippen LogP contribution >= 0.6 is 0 Å². The second-order valence-electron chi connectivity index (χ2n) is 7.89. The molecule has 1 amide bonds. The Hall–Kier alpha value is -2.86. The Morgan fingerprint density at radius 2 is 2.00 bits per heavy atom. The van der Waals surface area contributed by atoms with Crippen molar-refractivity contribution in [2.45, 2.75) is 44.8 Å². The van der Waals surface area contributed by atoms with Crippen molar-refractivity contribution in [2.24, 2.45) is 0 Å². The van der Waals surface area contributed by atoms with Crippen LogP contribution in [-0.4, -0.2) is 41.0 Å². The lowest BCUT2D eigenvalue weighted by molar-refractivity contribution is -0.131. The van der Waals surface area contributed by atoms with Crippen LogP contribution in [0, 0.1) is 0 Å². The Morgan fingerprint density at radius 1 is 1.24 bits per heavy atom. The molecule has 2 aromatic rings. The topological polar surface area (TPSA) is 80.0 Å². The quantitative estimate of drug-likeness (QED) is 0.743. The fourth-order valence-electron chi connectivity index (χ4n) is 4.03. The number of Topliss-reactive ketones (excluding diaryl/α,β-unsaturated/α-hetero) is 1. The van der Waals surface area contributed by atoms with Crippen molar-refractivity contribution in [3.8, 4) is 0 Å². The normalized spacial score (nSPS) is 22.2. The van der Waals surface area contributed by atoms with Crippen LogP contribution in [0.1, 0.15) is 60.3 Å². The molecule has 0 spiro atoms. The van der Waals surface area contributed by atoms with E-state index in [0.29, 0.717) is 19.1 Å². The van der Waals surface area contributed by atoms with Crippen molar-refractivity contribution in [3.63, 3.8) is 0 Å². The molecule has 0 saturated carbocycles. The van der Waals surface area contributed by atoms with Gasteiger partial charge in [-0.25, -0.2) is 0 Å². The molecule has 0 aliphatic carbocycles. The number of aliphatic hydroxyl groups is 1. The molecule has 2 aliphatic rings. The lowest BCUT2D eigenvalue weighted by Crippen LogP contribution is -2.37. The molecule has 29 heavy (non-hydrogen) atoms. The molecule has 1 saturated heterocycles. The summed E-state index contributed by atoms with van der Waals surface area (Å²) in [6.07, 6.45) is 3.10. The third-order valence-electron chi connectivity index (χ3n) is 5.64. The number of aliphatic hydroxyl groups excluding tert-OH is 1. The molecular weight excluding hydrogens is 370 g/mol. The highest BCUT2D eigenvalue weighted by molar-refractivity contribution is 6.15. The Bertz CT molecular complexity index is 921. The van der Waals surface area contributed by atoms with Crippen LogP contribution in [0.5, 0.6) is 0 Å². The highest BCUT2D eigenvalue weighted by Crippen LogP contribution is 2.40. The summed E-state index contributed by atoms with van der Waals surface area (Å²) >= 11 is 0. The summed E-state index contributed by atoms with van der Waals surface area (Å²) in [7, 11) is 0. The van der Waals surface area contributed by atoms with E-state index in [1.807, 2.05) is 24.3 Å². The molecule has 0 radical (unpaired) electrons. The third kappa shape index (κ3) is 3.60. The third-order valence-corrected chi connectivity index (χ3v) is 5.64. The smallest absolute Gasteiger partial charge is 0.290 e. The van der Waals surface area contributed by atoms with Gasteiger partial charge in [0.2, 0.25) is 5.78 Å². The second-order valence-corrected chi connectivity index (χ2v) is 7.89. The summed E-state index contributed by atoms with van der Waals surface area (Å²) in [5, 5.41) is 10.6. The molecule has 4 rings (SSSR count). The Labute approximate surface area is 169 Å². The fourth-order valence-corrected chi connectivity index (χ4v) is 4.03. The average molecular weight is 395 g/mol. The van der Waals surface area contributed by atoms with Crippen molar-refractivity contribution in [2.75, 3.05) is 13.2 Å². The molecule has 1 N–H and O–H groups in total. The van der Waals surface area contributed by atoms with Crippen molar-refractivity contribution >= 4 is 11.7 Å². The van der Waals surface area contributed by atoms with Crippen molar-refractivity contribution < 1.29 is 23.8 Å². The van der Waals surface area contributed by atoms with E-state index in [9.17, 15) is 14.7 Å². The van der Waals surface area contributed by atoms with Crippen molar-refractivity contribution in [1.82, 2.24) is 4.90 Å². The predicted octanol–water partition coefficient (Wildman–Crippen LogP) is 4.16. The van der Waals surface area contributed by atoms with Gasteiger partial charge >= 0.3 is 0 Å². The number of furan rings is 1. The van der Waals surface area contributed by atoms with Gasteiger partial charge in [-0.05, 0) is 42.0 Å². The van der Waals surface area contributed by atoms with Gasteiger partial charge in [0.15, 0.2) is 11.5 Å². The van der Waals surface area contributed by atoms with Crippen molar-refractivity contribution in [1.29, 1.82) is 0 Å². The van der Waals surface area contributed by atoms with Crippen LogP contribution in [-0.2, 0) is 9.53 Å². The molecule has 1 fully saturated rings. The van der Waals surface area contributed by atoms with Crippen LogP contribution in [0.3, 0.4) is 0 Å². The number of rotatable bonds is 6. The maximum atomic E-state index is 13.1. The summed E-state index contributed by atoms with van der Waals surface area (Å²) in [4.78, 5) is 27.5. The maximum absolute atomic E-state index is 13.1. The first-order valence-corrected chi connectivity index (χ1v) is 10.0. The SMILES string of the molecule is CC(C)c1ccc([C@H]2C(C(=O)c3ccco3)=C(O)C(=O)N2C[C@H]2CCCO2)cc1. The van der Waals surface area contributed by atoms with Crippen LogP contribution < -0.4 is 0 Å². The first kappa shape index (κ1) is 19.5. The van der Waals surface area contributed by atoms with E-state index >= 15 is 0 Å². The maximum Gasteiger partial charge on any atom is 0.290 e. The first-order valence-electron chi connectivity index (χ1n) is 10.0. The van der Waals surface area contributed by atoms with E-state index in [-0.39, 0.29) is 17.4 Å². The number of benzene rings is 1. The molecule has 152 valence electrons. The Kier molecular flexibility index (Phi) is 5.28. The van der Waals surface area contributed by atoms with Gasteiger partial charge in [0.1, 0.15) is 0 Å². The highest BCUT2D eigenvalue weighted by Gasteiger charge is 2.45. The number of nitrogens with zero attached hydrogens (tertiary/aromatic N) is 1. The number of ketones is 1. The van der Waals surface area contributed by atoms with Crippen LogP contribution in [0.4, 0.5) is 0 Å². The highest BCUT2D eigenvalue weighted by atomic mass is 16.5. The summed E-state index contributed by atoms with van der Waals surface area (Å²) in [6, 6.07) is 10.3. The van der Waals surface area contributed by atoms with Gasteiger partial charge in [-0.3, -0.25) is 9.59 Å². The molecule has 0 unspecified atom stereocenters. The number of hydrogen-bond donors (Lipinski definition) is 1. The van der Waals surface area contributed by atoms with Gasteiger partial charge in [-0.1, -0.05) is 38.1 Å². The summed E-state index contributed by atoms with van der Waals surface area (Å²) < 4.78 is 10.9. The molecule has 1 aromatic carbocycles. The van der Waals surface area contributed by atoms with Crippen LogP contribution in [0.2, 0.25) is 0 Å². The predicted molar refractivity (Wildman–Crippen MR) is 107 cm³/mol. The first-order chi connectivity index (χ1) is 14.0. The largest absolute Gasteiger partial charge is 0.503 e. The fraction of sp³-hybridized carbons (Fsp3) is 0.391. The minimum Gasteiger partial charge on any atom is -0.503 e. The molecule has 3 heterocycles. The van der Waals surface area contributed by atoms with E-state index in [2.05, 4.69) is 13.8 Å². The van der Waals surface area contributed by atoms with Gasteiger partial charge in [-0.15, -0.1) is 0 Å². The molecule has 2 aliphatic heterocycles. The summed E-state index contributed by atoms with van der Waals surface area (Å²) in [5.74, 6) is -1.07. The lowest BCUT2D eigenvalue weighted by Gasteiger charge is -2.29. The summed E-state index contributed by atoms with van der Waals surface area (Å²) in [6.45, 7) is 5.21. The van der Waals surface area contributed by atoms with Gasteiger partial charge in [-0.2, -0.15) is 0 Å². The molecule has 6 heteroatoms. The molecule has 1 aromatic heterocycles. The number of ether oxygens (including phenoxy) is 1. The van der Waals surface area contributed by atoms with Gasteiger partial charge < -0.3 is 19.2 Å². The molecular formula is C23H25NO5. The van der Waals surface area contributed by atoms with Gasteiger partial charge in [0.25, 0.3) is 5.91 Å². The van der Waals surface area contributed by atoms with Crippen LogP contribution in [0.15, 0.2) is 58.4 Å². The number of carbonyl (C=O) groups excluding carboxylic acids is 2. The zero-order valence-corrected chi connectivity index (χ0v) is 16.6.